The van der Waals surface area contributed by atoms with Gasteiger partial charge in [-0.15, -0.1) is 0 Å². The van der Waals surface area contributed by atoms with Gasteiger partial charge in [-0.05, 0) is 18.9 Å². The first kappa shape index (κ1) is 16.9. The van der Waals surface area contributed by atoms with Crippen LogP contribution in [0.4, 0.5) is 5.95 Å². The quantitative estimate of drug-likeness (QED) is 0.576. The number of anilines is 1. The van der Waals surface area contributed by atoms with Gasteiger partial charge in [0.25, 0.3) is 0 Å². The Morgan fingerprint density at radius 1 is 1.21 bits per heavy atom. The van der Waals surface area contributed by atoms with Gasteiger partial charge >= 0.3 is 0 Å². The number of piperazine rings is 1. The molecule has 1 aromatic rings. The van der Waals surface area contributed by atoms with E-state index in [1.165, 1.54) is 0 Å². The van der Waals surface area contributed by atoms with Crippen molar-refractivity contribution in [3.05, 3.63) is 18.5 Å². The zero-order valence-electron chi connectivity index (χ0n) is 14.0. The first-order valence-electron chi connectivity index (χ1n) is 8.48. The second kappa shape index (κ2) is 7.76. The lowest BCUT2D eigenvalue weighted by molar-refractivity contribution is -0.0106. The van der Waals surface area contributed by atoms with Crippen LogP contribution in [0, 0.1) is 5.41 Å². The maximum atomic E-state index is 9.73. The third-order valence-corrected chi connectivity index (χ3v) is 4.90. The van der Waals surface area contributed by atoms with Gasteiger partial charge in [-0.1, -0.05) is 0 Å². The molecular formula is C16H26N6O2. The zero-order chi connectivity index (χ0) is 16.8. The van der Waals surface area contributed by atoms with E-state index in [0.29, 0.717) is 25.7 Å². The van der Waals surface area contributed by atoms with Gasteiger partial charge in [-0.25, -0.2) is 9.97 Å². The Balaban J connectivity index is 1.53. The molecule has 0 aliphatic carbocycles. The molecule has 2 fully saturated rings. The number of aliphatic hydroxyl groups is 1. The highest BCUT2D eigenvalue weighted by Crippen LogP contribution is 2.30. The highest BCUT2D eigenvalue weighted by atomic mass is 16.5. The zero-order valence-corrected chi connectivity index (χ0v) is 14.0. The third kappa shape index (κ3) is 3.93. The molecule has 2 aliphatic heterocycles. The van der Waals surface area contributed by atoms with E-state index in [1.807, 2.05) is 6.07 Å². The van der Waals surface area contributed by atoms with Crippen molar-refractivity contribution in [2.75, 3.05) is 57.4 Å². The Kier molecular flexibility index (Phi) is 5.47. The highest BCUT2D eigenvalue weighted by molar-refractivity contribution is 5.78. The lowest BCUT2D eigenvalue weighted by Crippen LogP contribution is -2.52. The van der Waals surface area contributed by atoms with Crippen LogP contribution in [0.2, 0.25) is 0 Å². The number of hydrogen-bond acceptors (Lipinski definition) is 6. The largest absolute Gasteiger partial charge is 0.396 e. The molecule has 0 saturated carbocycles. The molecule has 8 nitrogen and oxygen atoms in total. The van der Waals surface area contributed by atoms with Crippen LogP contribution >= 0.6 is 0 Å². The maximum absolute atomic E-state index is 9.73. The molecule has 0 radical (unpaired) electrons. The smallest absolute Gasteiger partial charge is 0.225 e. The topological polar surface area (TPSA) is 100 Å². The van der Waals surface area contributed by atoms with E-state index in [2.05, 4.69) is 24.8 Å². The lowest BCUT2D eigenvalue weighted by atomic mass is 9.81. The molecule has 3 N–H and O–H groups in total. The normalized spacial score (nSPS) is 21.8. The molecule has 1 aromatic heterocycles. The lowest BCUT2D eigenvalue weighted by Gasteiger charge is -2.37. The summed E-state index contributed by atoms with van der Waals surface area (Å²) in [6, 6.07) is 1.82. The predicted octanol–water partition coefficient (Wildman–Crippen LogP) is -0.298. The van der Waals surface area contributed by atoms with Crippen molar-refractivity contribution in [3.63, 3.8) is 0 Å². The van der Waals surface area contributed by atoms with Crippen LogP contribution in [0.3, 0.4) is 0 Å². The van der Waals surface area contributed by atoms with Gasteiger partial charge in [0, 0.05) is 57.2 Å². The summed E-state index contributed by atoms with van der Waals surface area (Å²) in [4.78, 5) is 17.4. The van der Waals surface area contributed by atoms with Crippen molar-refractivity contribution in [1.29, 1.82) is 0 Å². The van der Waals surface area contributed by atoms with E-state index >= 15 is 0 Å². The summed E-state index contributed by atoms with van der Waals surface area (Å²) in [5.41, 5.74) is 6.00. The van der Waals surface area contributed by atoms with E-state index in [-0.39, 0.29) is 12.0 Å². The summed E-state index contributed by atoms with van der Waals surface area (Å²) in [5.74, 6) is 1.32. The number of aliphatic imine (C=N–C) groups is 1. The van der Waals surface area contributed by atoms with Gasteiger partial charge in [0.1, 0.15) is 0 Å². The number of nitrogens with zero attached hydrogens (tertiary/aromatic N) is 5. The van der Waals surface area contributed by atoms with Crippen LogP contribution in [-0.4, -0.2) is 78.5 Å². The Hall–Kier alpha value is -1.93. The summed E-state index contributed by atoms with van der Waals surface area (Å²) >= 11 is 0. The molecule has 132 valence electrons. The molecule has 0 unspecified atom stereocenters. The van der Waals surface area contributed by atoms with E-state index in [0.717, 1.165) is 45.0 Å². The van der Waals surface area contributed by atoms with Crippen LogP contribution in [0.15, 0.2) is 23.5 Å². The van der Waals surface area contributed by atoms with Crippen LogP contribution in [0.25, 0.3) is 0 Å². The van der Waals surface area contributed by atoms with Crippen molar-refractivity contribution >= 4 is 11.9 Å². The summed E-state index contributed by atoms with van der Waals surface area (Å²) in [6.45, 7) is 5.29. The van der Waals surface area contributed by atoms with Crippen LogP contribution in [-0.2, 0) is 4.74 Å². The number of rotatable bonds is 4. The molecule has 0 spiro atoms. The van der Waals surface area contributed by atoms with Crippen molar-refractivity contribution in [1.82, 2.24) is 14.9 Å². The second-order valence-corrected chi connectivity index (χ2v) is 6.47. The SMILES string of the molecule is NC(=NCC1(CO)CCOCC1)N1CCN(c2ncccn2)CC1. The van der Waals surface area contributed by atoms with Crippen molar-refractivity contribution in [2.45, 2.75) is 12.8 Å². The van der Waals surface area contributed by atoms with Gasteiger partial charge in [0.2, 0.25) is 5.95 Å². The Labute approximate surface area is 142 Å². The Morgan fingerprint density at radius 3 is 2.50 bits per heavy atom. The minimum absolute atomic E-state index is 0.131. The molecule has 24 heavy (non-hydrogen) atoms. The number of hydrogen-bond donors (Lipinski definition) is 2. The van der Waals surface area contributed by atoms with E-state index in [1.54, 1.807) is 12.4 Å². The summed E-state index contributed by atoms with van der Waals surface area (Å²) in [6.07, 6.45) is 5.18. The van der Waals surface area contributed by atoms with Crippen LogP contribution in [0.5, 0.6) is 0 Å². The summed E-state index contributed by atoms with van der Waals surface area (Å²) < 4.78 is 5.38. The number of aliphatic hydroxyl groups excluding tert-OH is 1. The molecule has 8 heteroatoms. The van der Waals surface area contributed by atoms with Gasteiger partial charge in [-0.3, -0.25) is 4.99 Å². The maximum Gasteiger partial charge on any atom is 0.225 e. The van der Waals surface area contributed by atoms with Gasteiger partial charge in [0.15, 0.2) is 5.96 Å². The molecule has 2 aliphatic rings. The molecule has 0 bridgehead atoms. The fraction of sp³-hybridized carbons (Fsp3) is 0.688. The molecule has 0 atom stereocenters. The van der Waals surface area contributed by atoms with E-state index in [9.17, 15) is 5.11 Å². The van der Waals surface area contributed by atoms with Crippen molar-refractivity contribution in [2.24, 2.45) is 16.1 Å². The molecule has 3 rings (SSSR count). The van der Waals surface area contributed by atoms with Gasteiger partial charge in [-0.2, -0.15) is 0 Å². The first-order chi connectivity index (χ1) is 11.7. The highest BCUT2D eigenvalue weighted by Gasteiger charge is 2.32. The average molecular weight is 334 g/mol. The van der Waals surface area contributed by atoms with Crippen LogP contribution in [0.1, 0.15) is 12.8 Å². The minimum atomic E-state index is -0.178. The van der Waals surface area contributed by atoms with E-state index in [4.69, 9.17) is 10.5 Å². The Bertz CT molecular complexity index is 539. The molecule has 3 heterocycles. The second-order valence-electron chi connectivity index (χ2n) is 6.47. The molecule has 0 aromatic carbocycles. The molecule has 2 saturated heterocycles. The third-order valence-electron chi connectivity index (χ3n) is 4.90. The standard InChI is InChI=1S/C16H26N6O2/c17-14(20-12-16(13-23)2-10-24-11-3-16)21-6-8-22(9-7-21)15-18-4-1-5-19-15/h1,4-5,23H,2-3,6-13H2,(H2,17,20). The number of aromatic nitrogens is 2. The number of guanidine groups is 1. The number of nitrogens with two attached hydrogens (primary N) is 1. The van der Waals surface area contributed by atoms with E-state index < -0.39 is 0 Å². The summed E-state index contributed by atoms with van der Waals surface area (Å²) in [7, 11) is 0. The minimum Gasteiger partial charge on any atom is -0.396 e. The van der Waals surface area contributed by atoms with Gasteiger partial charge in [0.05, 0.1) is 13.2 Å². The fourth-order valence-electron chi connectivity index (χ4n) is 3.11. The molecular weight excluding hydrogens is 308 g/mol. The fourth-order valence-corrected chi connectivity index (χ4v) is 3.11. The van der Waals surface area contributed by atoms with Gasteiger partial charge < -0.3 is 25.4 Å². The monoisotopic (exact) mass is 334 g/mol. The predicted molar refractivity (Wildman–Crippen MR) is 91.9 cm³/mol. The van der Waals surface area contributed by atoms with Crippen molar-refractivity contribution < 1.29 is 9.84 Å². The first-order valence-corrected chi connectivity index (χ1v) is 8.48. The molecule has 0 amide bonds. The van der Waals surface area contributed by atoms with Crippen molar-refractivity contribution in [3.8, 4) is 0 Å². The number of ether oxygens (including phenoxy) is 1. The van der Waals surface area contributed by atoms with Crippen LogP contribution < -0.4 is 10.6 Å². The Morgan fingerprint density at radius 2 is 1.88 bits per heavy atom. The average Bonchev–Trinajstić information content (AvgIpc) is 2.68. The summed E-state index contributed by atoms with van der Waals surface area (Å²) in [5, 5.41) is 9.73.